The number of hydrogen-bond donors (Lipinski definition) is 1. The van der Waals surface area contributed by atoms with E-state index in [1.54, 1.807) is 13.0 Å². The van der Waals surface area contributed by atoms with Crippen LogP contribution in [0.15, 0.2) is 40.9 Å². The third kappa shape index (κ3) is 3.15. The van der Waals surface area contributed by atoms with Crippen LogP contribution in [-0.2, 0) is 4.79 Å². The van der Waals surface area contributed by atoms with E-state index in [2.05, 4.69) is 10.1 Å². The molecule has 0 spiro atoms. The van der Waals surface area contributed by atoms with Crippen LogP contribution in [0.4, 0.5) is 5.88 Å². The maximum absolute atomic E-state index is 12.3. The van der Waals surface area contributed by atoms with Gasteiger partial charge in [-0.1, -0.05) is 36.3 Å². The molecule has 0 atom stereocenters. The summed E-state index contributed by atoms with van der Waals surface area (Å²) >= 11 is 0. The maximum Gasteiger partial charge on any atom is 0.256 e. The maximum atomic E-state index is 12.3. The molecular weight excluding hydrogens is 332 g/mol. The molecule has 134 valence electrons. The van der Waals surface area contributed by atoms with Crippen molar-refractivity contribution in [2.75, 3.05) is 11.4 Å². The van der Waals surface area contributed by atoms with Gasteiger partial charge in [-0.15, -0.1) is 0 Å². The van der Waals surface area contributed by atoms with Crippen LogP contribution in [0.2, 0.25) is 0 Å². The molecule has 2 amide bonds. The van der Waals surface area contributed by atoms with E-state index in [4.69, 9.17) is 10.3 Å². The minimum absolute atomic E-state index is 0.0686. The summed E-state index contributed by atoms with van der Waals surface area (Å²) in [7, 11) is 0. The zero-order valence-corrected chi connectivity index (χ0v) is 14.7. The van der Waals surface area contributed by atoms with Gasteiger partial charge in [0.05, 0.1) is 11.2 Å². The van der Waals surface area contributed by atoms with Crippen LogP contribution < -0.4 is 10.6 Å². The Morgan fingerprint density at radius 3 is 2.62 bits per heavy atom. The van der Waals surface area contributed by atoms with Crippen molar-refractivity contribution < 1.29 is 14.1 Å². The van der Waals surface area contributed by atoms with Crippen molar-refractivity contribution in [3.8, 4) is 11.4 Å². The molecule has 0 aliphatic carbocycles. The fourth-order valence-corrected chi connectivity index (χ4v) is 2.84. The third-order valence-corrected chi connectivity index (χ3v) is 4.09. The fourth-order valence-electron chi connectivity index (χ4n) is 2.84. The predicted octanol–water partition coefficient (Wildman–Crippen LogP) is 3.14. The predicted molar refractivity (Wildman–Crippen MR) is 98.7 cm³/mol. The van der Waals surface area contributed by atoms with Gasteiger partial charge in [0, 0.05) is 18.4 Å². The first-order valence-corrected chi connectivity index (χ1v) is 8.52. The average Bonchev–Trinajstić information content (AvgIpc) is 3.07. The molecule has 0 aliphatic rings. The summed E-state index contributed by atoms with van der Waals surface area (Å²) < 4.78 is 5.36. The van der Waals surface area contributed by atoms with Crippen molar-refractivity contribution >= 4 is 28.6 Å². The molecule has 0 aliphatic heterocycles. The molecule has 0 saturated heterocycles. The molecule has 0 saturated carbocycles. The summed E-state index contributed by atoms with van der Waals surface area (Å²) in [5, 5.41) is 4.96. The normalized spacial score (nSPS) is 10.8. The fraction of sp³-hybridized carbons (Fsp3) is 0.263. The molecule has 2 heterocycles. The number of carbonyl (C=O) groups is 2. The lowest BCUT2D eigenvalue weighted by Gasteiger charge is -2.17. The van der Waals surface area contributed by atoms with Gasteiger partial charge in [0.2, 0.25) is 11.8 Å². The first-order valence-electron chi connectivity index (χ1n) is 8.52. The lowest BCUT2D eigenvalue weighted by molar-refractivity contribution is -0.118. The van der Waals surface area contributed by atoms with Gasteiger partial charge in [0.25, 0.3) is 5.91 Å². The monoisotopic (exact) mass is 352 g/mol. The Bertz CT molecular complexity index is 964. The molecule has 7 heteroatoms. The molecule has 2 N–H and O–H groups in total. The molecule has 0 radical (unpaired) electrons. The summed E-state index contributed by atoms with van der Waals surface area (Å²) in [6, 6.07) is 11.2. The molecule has 1 aromatic carbocycles. The minimum Gasteiger partial charge on any atom is -0.365 e. The van der Waals surface area contributed by atoms with E-state index >= 15 is 0 Å². The van der Waals surface area contributed by atoms with Crippen molar-refractivity contribution in [3.05, 3.63) is 42.0 Å². The second-order valence-corrected chi connectivity index (χ2v) is 5.85. The number of fused-ring (bicyclic) bond motifs is 1. The quantitative estimate of drug-likeness (QED) is 0.734. The highest BCUT2D eigenvalue weighted by Gasteiger charge is 2.29. The van der Waals surface area contributed by atoms with Crippen molar-refractivity contribution in [2.24, 2.45) is 5.73 Å². The van der Waals surface area contributed by atoms with Gasteiger partial charge in [0.15, 0.2) is 0 Å². The minimum atomic E-state index is -0.714. The van der Waals surface area contributed by atoms with Crippen LogP contribution in [-0.4, -0.2) is 28.5 Å². The van der Waals surface area contributed by atoms with E-state index in [9.17, 15) is 9.59 Å². The Balaban J connectivity index is 2.11. The number of amides is 2. The van der Waals surface area contributed by atoms with Crippen molar-refractivity contribution in [1.29, 1.82) is 0 Å². The SMILES string of the molecule is CCCC(=O)N(CC)c1onc(-c2ccc3ccccc3n2)c1C(N)=O. The number of primary amides is 1. The van der Waals surface area contributed by atoms with Crippen LogP contribution >= 0.6 is 0 Å². The van der Waals surface area contributed by atoms with Gasteiger partial charge in [-0.3, -0.25) is 14.5 Å². The van der Waals surface area contributed by atoms with E-state index in [0.29, 0.717) is 25.1 Å². The molecule has 7 nitrogen and oxygen atoms in total. The molecule has 26 heavy (non-hydrogen) atoms. The second kappa shape index (κ2) is 7.35. The van der Waals surface area contributed by atoms with Crippen LogP contribution in [0, 0.1) is 0 Å². The molecule has 0 fully saturated rings. The highest BCUT2D eigenvalue weighted by molar-refractivity contribution is 6.06. The van der Waals surface area contributed by atoms with Crippen molar-refractivity contribution in [2.45, 2.75) is 26.7 Å². The summed E-state index contributed by atoms with van der Waals surface area (Å²) in [5.74, 6) is -0.788. The van der Waals surface area contributed by atoms with Gasteiger partial charge in [0.1, 0.15) is 11.3 Å². The van der Waals surface area contributed by atoms with Crippen LogP contribution in [0.3, 0.4) is 0 Å². The second-order valence-electron chi connectivity index (χ2n) is 5.85. The summed E-state index contributed by atoms with van der Waals surface area (Å²) in [6.45, 7) is 4.05. The highest BCUT2D eigenvalue weighted by Crippen LogP contribution is 2.31. The summed E-state index contributed by atoms with van der Waals surface area (Å²) in [5.41, 5.74) is 7.11. The van der Waals surface area contributed by atoms with Gasteiger partial charge < -0.3 is 10.3 Å². The first-order chi connectivity index (χ1) is 12.6. The third-order valence-electron chi connectivity index (χ3n) is 4.09. The topological polar surface area (TPSA) is 102 Å². The first kappa shape index (κ1) is 17.6. The lowest BCUT2D eigenvalue weighted by Crippen LogP contribution is -2.31. The number of nitrogens with two attached hydrogens (primary N) is 1. The lowest BCUT2D eigenvalue weighted by atomic mass is 10.1. The Morgan fingerprint density at radius 2 is 1.92 bits per heavy atom. The number of anilines is 1. The van der Waals surface area contributed by atoms with E-state index in [1.807, 2.05) is 37.3 Å². The van der Waals surface area contributed by atoms with Crippen LogP contribution in [0.1, 0.15) is 37.0 Å². The molecular formula is C19H20N4O3. The zero-order valence-electron chi connectivity index (χ0n) is 14.7. The molecule has 0 bridgehead atoms. The van der Waals surface area contributed by atoms with E-state index in [1.165, 1.54) is 4.90 Å². The molecule has 2 aromatic heterocycles. The number of para-hydroxylation sites is 1. The Labute approximate surface area is 150 Å². The van der Waals surface area contributed by atoms with Crippen molar-refractivity contribution in [1.82, 2.24) is 10.1 Å². The Morgan fingerprint density at radius 1 is 1.15 bits per heavy atom. The number of pyridine rings is 1. The van der Waals surface area contributed by atoms with Crippen LogP contribution in [0.25, 0.3) is 22.3 Å². The standard InChI is InChI=1S/C19H20N4O3/c1-3-7-15(24)23(4-2)19-16(18(20)25)17(22-26-19)14-11-10-12-8-5-6-9-13(12)21-14/h5-6,8-11H,3-4,7H2,1-2H3,(H2,20,25). The number of rotatable bonds is 6. The number of benzene rings is 1. The number of nitrogens with zero attached hydrogens (tertiary/aromatic N) is 3. The summed E-state index contributed by atoms with van der Waals surface area (Å²) in [4.78, 5) is 30.4. The summed E-state index contributed by atoms with van der Waals surface area (Å²) in [6.07, 6.45) is 1.03. The van der Waals surface area contributed by atoms with E-state index in [0.717, 1.165) is 10.9 Å². The average molecular weight is 352 g/mol. The molecule has 3 aromatic rings. The largest absolute Gasteiger partial charge is 0.365 e. The van der Waals surface area contributed by atoms with Gasteiger partial charge >= 0.3 is 0 Å². The molecule has 0 unspecified atom stereocenters. The van der Waals surface area contributed by atoms with Gasteiger partial charge in [-0.05, 0) is 25.5 Å². The zero-order chi connectivity index (χ0) is 18.7. The Hall–Kier alpha value is -3.22. The number of carbonyl (C=O) groups excluding carboxylic acids is 2. The Kier molecular flexibility index (Phi) is 4.97. The van der Waals surface area contributed by atoms with Crippen LogP contribution in [0.5, 0.6) is 0 Å². The van der Waals surface area contributed by atoms with E-state index < -0.39 is 5.91 Å². The van der Waals surface area contributed by atoms with E-state index in [-0.39, 0.29) is 23.0 Å². The number of hydrogen-bond acceptors (Lipinski definition) is 5. The van der Waals surface area contributed by atoms with Gasteiger partial charge in [-0.2, -0.15) is 0 Å². The molecule has 3 rings (SSSR count). The van der Waals surface area contributed by atoms with Crippen molar-refractivity contribution in [3.63, 3.8) is 0 Å². The smallest absolute Gasteiger partial charge is 0.256 e. The van der Waals surface area contributed by atoms with Gasteiger partial charge in [-0.25, -0.2) is 4.98 Å². The number of aromatic nitrogens is 2. The highest BCUT2D eigenvalue weighted by atomic mass is 16.5.